The number of aromatic nitrogens is 3. The highest BCUT2D eigenvalue weighted by molar-refractivity contribution is 9.10. The first-order chi connectivity index (χ1) is 7.74. The standard InChI is InChI=1S/C11H13BrN4/c1-15-5-2-3-9(15)11-13-10-7-8(12)4-6-16(10)14-11/h4,6-7,9H,2-3,5H2,1H3. The van der Waals surface area contributed by atoms with E-state index in [4.69, 9.17) is 0 Å². The normalized spacial score (nSPS) is 22.0. The molecule has 1 aliphatic rings. The van der Waals surface area contributed by atoms with Crippen molar-refractivity contribution in [1.29, 1.82) is 0 Å². The van der Waals surface area contributed by atoms with Gasteiger partial charge in [-0.3, -0.25) is 4.90 Å². The first-order valence-corrected chi connectivity index (χ1v) is 6.25. The molecule has 1 aliphatic heterocycles. The van der Waals surface area contributed by atoms with Crippen LogP contribution in [0.2, 0.25) is 0 Å². The van der Waals surface area contributed by atoms with Crippen molar-refractivity contribution in [1.82, 2.24) is 19.5 Å². The van der Waals surface area contributed by atoms with Crippen LogP contribution in [-0.2, 0) is 0 Å². The average Bonchev–Trinajstić information content (AvgIpc) is 2.82. The van der Waals surface area contributed by atoms with E-state index < -0.39 is 0 Å². The van der Waals surface area contributed by atoms with Gasteiger partial charge in [-0.05, 0) is 38.6 Å². The molecule has 0 bridgehead atoms. The highest BCUT2D eigenvalue weighted by Crippen LogP contribution is 2.28. The number of fused-ring (bicyclic) bond motifs is 1. The molecule has 3 heterocycles. The van der Waals surface area contributed by atoms with Gasteiger partial charge in [0, 0.05) is 10.7 Å². The molecule has 3 rings (SSSR count). The van der Waals surface area contributed by atoms with Gasteiger partial charge < -0.3 is 0 Å². The molecule has 5 heteroatoms. The monoisotopic (exact) mass is 280 g/mol. The van der Waals surface area contributed by atoms with Crippen molar-refractivity contribution >= 4 is 21.6 Å². The summed E-state index contributed by atoms with van der Waals surface area (Å²) in [5.41, 5.74) is 0.907. The number of pyridine rings is 1. The Bertz CT molecular complexity index is 522. The van der Waals surface area contributed by atoms with Crippen molar-refractivity contribution in [2.75, 3.05) is 13.6 Å². The summed E-state index contributed by atoms with van der Waals surface area (Å²) in [5.74, 6) is 0.943. The number of nitrogens with zero attached hydrogens (tertiary/aromatic N) is 4. The maximum atomic E-state index is 4.59. The summed E-state index contributed by atoms with van der Waals surface area (Å²) in [6, 6.07) is 4.36. The topological polar surface area (TPSA) is 33.4 Å². The fourth-order valence-electron chi connectivity index (χ4n) is 2.25. The molecule has 0 saturated carbocycles. The largest absolute Gasteiger partial charge is 0.296 e. The van der Waals surface area contributed by atoms with E-state index in [1.165, 1.54) is 6.42 Å². The summed E-state index contributed by atoms with van der Waals surface area (Å²) >= 11 is 3.45. The van der Waals surface area contributed by atoms with Gasteiger partial charge in [0.25, 0.3) is 0 Å². The third-order valence-electron chi connectivity index (χ3n) is 3.13. The maximum absolute atomic E-state index is 4.59. The Morgan fingerprint density at radius 1 is 1.50 bits per heavy atom. The van der Waals surface area contributed by atoms with Crippen molar-refractivity contribution in [2.24, 2.45) is 0 Å². The van der Waals surface area contributed by atoms with Crippen LogP contribution >= 0.6 is 15.9 Å². The average molecular weight is 281 g/mol. The molecule has 1 saturated heterocycles. The molecule has 0 aliphatic carbocycles. The molecule has 84 valence electrons. The Hall–Kier alpha value is -0.940. The van der Waals surface area contributed by atoms with E-state index in [1.807, 2.05) is 22.8 Å². The molecular formula is C11H13BrN4. The zero-order valence-electron chi connectivity index (χ0n) is 9.10. The van der Waals surface area contributed by atoms with Gasteiger partial charge in [-0.2, -0.15) is 0 Å². The maximum Gasteiger partial charge on any atom is 0.168 e. The van der Waals surface area contributed by atoms with Crippen LogP contribution < -0.4 is 0 Å². The predicted molar refractivity (Wildman–Crippen MR) is 65.3 cm³/mol. The summed E-state index contributed by atoms with van der Waals surface area (Å²) in [6.07, 6.45) is 4.33. The fourth-order valence-corrected chi connectivity index (χ4v) is 2.57. The van der Waals surface area contributed by atoms with Gasteiger partial charge in [-0.1, -0.05) is 15.9 Å². The van der Waals surface area contributed by atoms with E-state index in [0.29, 0.717) is 6.04 Å². The molecule has 0 amide bonds. The van der Waals surface area contributed by atoms with E-state index in [-0.39, 0.29) is 0 Å². The second-order valence-corrected chi connectivity index (χ2v) is 5.17. The number of likely N-dealkylation sites (tertiary alicyclic amines) is 1. The Morgan fingerprint density at radius 2 is 2.38 bits per heavy atom. The Morgan fingerprint density at radius 3 is 3.12 bits per heavy atom. The van der Waals surface area contributed by atoms with Crippen molar-refractivity contribution in [3.8, 4) is 0 Å². The molecule has 0 radical (unpaired) electrons. The van der Waals surface area contributed by atoms with Gasteiger partial charge in [-0.15, -0.1) is 5.10 Å². The lowest BCUT2D eigenvalue weighted by atomic mass is 10.2. The third-order valence-corrected chi connectivity index (χ3v) is 3.63. The first-order valence-electron chi connectivity index (χ1n) is 5.46. The van der Waals surface area contributed by atoms with Gasteiger partial charge in [0.1, 0.15) is 0 Å². The lowest BCUT2D eigenvalue weighted by Crippen LogP contribution is -2.18. The van der Waals surface area contributed by atoms with E-state index >= 15 is 0 Å². The van der Waals surface area contributed by atoms with Crippen LogP contribution in [0, 0.1) is 0 Å². The number of rotatable bonds is 1. The Balaban J connectivity index is 2.04. The van der Waals surface area contributed by atoms with Crippen LogP contribution in [0.15, 0.2) is 22.8 Å². The summed E-state index contributed by atoms with van der Waals surface area (Å²) in [4.78, 5) is 6.91. The van der Waals surface area contributed by atoms with Crippen LogP contribution in [0.25, 0.3) is 5.65 Å². The summed E-state index contributed by atoms with van der Waals surface area (Å²) in [7, 11) is 2.14. The smallest absolute Gasteiger partial charge is 0.168 e. The summed E-state index contributed by atoms with van der Waals surface area (Å²) < 4.78 is 2.88. The van der Waals surface area contributed by atoms with E-state index in [9.17, 15) is 0 Å². The Labute approximate surface area is 102 Å². The lowest BCUT2D eigenvalue weighted by Gasteiger charge is -2.15. The number of halogens is 1. The zero-order valence-corrected chi connectivity index (χ0v) is 10.7. The Kier molecular flexibility index (Phi) is 2.44. The van der Waals surface area contributed by atoms with Crippen molar-refractivity contribution in [2.45, 2.75) is 18.9 Å². The molecule has 0 aromatic carbocycles. The lowest BCUT2D eigenvalue weighted by molar-refractivity contribution is 0.306. The predicted octanol–water partition coefficient (Wildman–Crippen LogP) is 2.26. The fraction of sp³-hybridized carbons (Fsp3) is 0.455. The second-order valence-electron chi connectivity index (χ2n) is 4.26. The highest BCUT2D eigenvalue weighted by Gasteiger charge is 2.26. The third kappa shape index (κ3) is 1.64. The zero-order chi connectivity index (χ0) is 11.1. The van der Waals surface area contributed by atoms with Gasteiger partial charge in [0.2, 0.25) is 0 Å². The molecule has 16 heavy (non-hydrogen) atoms. The van der Waals surface area contributed by atoms with Crippen LogP contribution in [0.4, 0.5) is 0 Å². The van der Waals surface area contributed by atoms with Gasteiger partial charge in [-0.25, -0.2) is 9.50 Å². The molecule has 2 aromatic heterocycles. The number of hydrogen-bond donors (Lipinski definition) is 0. The van der Waals surface area contributed by atoms with Crippen LogP contribution in [0.5, 0.6) is 0 Å². The minimum absolute atomic E-state index is 0.388. The molecule has 0 N–H and O–H groups in total. The molecule has 4 nitrogen and oxygen atoms in total. The second kappa shape index (κ2) is 3.82. The van der Waals surface area contributed by atoms with Gasteiger partial charge in [0.05, 0.1) is 6.04 Å². The van der Waals surface area contributed by atoms with Gasteiger partial charge >= 0.3 is 0 Å². The summed E-state index contributed by atoms with van der Waals surface area (Å²) in [6.45, 7) is 1.14. The van der Waals surface area contributed by atoms with Crippen molar-refractivity contribution < 1.29 is 0 Å². The first kappa shape index (κ1) is 10.2. The van der Waals surface area contributed by atoms with Crippen LogP contribution in [-0.4, -0.2) is 33.1 Å². The van der Waals surface area contributed by atoms with E-state index in [2.05, 4.69) is 38.0 Å². The molecule has 1 fully saturated rings. The molecule has 2 aromatic rings. The highest BCUT2D eigenvalue weighted by atomic mass is 79.9. The van der Waals surface area contributed by atoms with Crippen LogP contribution in [0.1, 0.15) is 24.7 Å². The van der Waals surface area contributed by atoms with Crippen molar-refractivity contribution in [3.63, 3.8) is 0 Å². The van der Waals surface area contributed by atoms with Crippen molar-refractivity contribution in [3.05, 3.63) is 28.6 Å². The minimum Gasteiger partial charge on any atom is -0.296 e. The van der Waals surface area contributed by atoms with Crippen LogP contribution in [0.3, 0.4) is 0 Å². The van der Waals surface area contributed by atoms with E-state index in [1.54, 1.807) is 0 Å². The minimum atomic E-state index is 0.388. The molecular weight excluding hydrogens is 268 g/mol. The molecule has 1 atom stereocenters. The molecule has 1 unspecified atom stereocenters. The summed E-state index contributed by atoms with van der Waals surface area (Å²) in [5, 5.41) is 4.53. The van der Waals surface area contributed by atoms with Gasteiger partial charge in [0.15, 0.2) is 11.5 Å². The SMILES string of the molecule is CN1CCCC1c1nc2cc(Br)ccn2n1. The quantitative estimate of drug-likeness (QED) is 0.804. The molecule has 0 spiro atoms. The van der Waals surface area contributed by atoms with E-state index in [0.717, 1.165) is 28.9 Å². The number of hydrogen-bond acceptors (Lipinski definition) is 3.